The Morgan fingerprint density at radius 1 is 1.35 bits per heavy atom. The fraction of sp³-hybridized carbons (Fsp3) is 0.929. The van der Waals surface area contributed by atoms with E-state index in [0.29, 0.717) is 12.5 Å². The summed E-state index contributed by atoms with van der Waals surface area (Å²) in [6.45, 7) is 5.50. The van der Waals surface area contributed by atoms with Crippen LogP contribution in [0, 0.1) is 17.8 Å². The predicted molar refractivity (Wildman–Crippen MR) is 71.6 cm³/mol. The average Bonchev–Trinajstić information content (AvgIpc) is 2.78. The molecule has 100 valence electrons. The topological polar surface area (TPSA) is 46.3 Å². The molecule has 1 amide bonds. The van der Waals surface area contributed by atoms with Crippen molar-refractivity contribution < 1.29 is 4.79 Å². The first-order valence-electron chi connectivity index (χ1n) is 7.01. The second-order valence-corrected chi connectivity index (χ2v) is 5.79. The maximum atomic E-state index is 12.2. The van der Waals surface area contributed by atoms with E-state index in [1.807, 2.05) is 11.9 Å². The third-order valence-corrected chi connectivity index (χ3v) is 4.10. The van der Waals surface area contributed by atoms with Gasteiger partial charge < -0.3 is 10.6 Å². The van der Waals surface area contributed by atoms with Crippen LogP contribution in [0.15, 0.2) is 0 Å². The Morgan fingerprint density at radius 3 is 2.41 bits per heavy atom. The zero-order valence-electron chi connectivity index (χ0n) is 11.6. The van der Waals surface area contributed by atoms with Crippen LogP contribution in [0.5, 0.6) is 0 Å². The van der Waals surface area contributed by atoms with Crippen molar-refractivity contribution in [3.8, 4) is 0 Å². The lowest BCUT2D eigenvalue weighted by Gasteiger charge is -2.26. The molecule has 1 atom stereocenters. The maximum absolute atomic E-state index is 12.2. The zero-order chi connectivity index (χ0) is 12.8. The molecular weight excluding hydrogens is 212 g/mol. The van der Waals surface area contributed by atoms with Crippen molar-refractivity contribution in [1.29, 1.82) is 0 Å². The molecule has 1 fully saturated rings. The van der Waals surface area contributed by atoms with Crippen LogP contribution in [0.1, 0.15) is 46.0 Å². The highest BCUT2D eigenvalue weighted by atomic mass is 16.2. The molecule has 3 heteroatoms. The summed E-state index contributed by atoms with van der Waals surface area (Å²) in [5.41, 5.74) is 5.68. The molecule has 0 heterocycles. The summed E-state index contributed by atoms with van der Waals surface area (Å²) in [5.74, 6) is 1.39. The molecule has 0 spiro atoms. The van der Waals surface area contributed by atoms with Gasteiger partial charge in [0.25, 0.3) is 0 Å². The Hall–Kier alpha value is -0.570. The van der Waals surface area contributed by atoms with Crippen LogP contribution in [0.3, 0.4) is 0 Å². The molecule has 1 aliphatic carbocycles. The normalized spacial score (nSPS) is 18.6. The summed E-state index contributed by atoms with van der Waals surface area (Å²) in [7, 11) is 1.92. The van der Waals surface area contributed by atoms with Crippen LogP contribution >= 0.6 is 0 Å². The summed E-state index contributed by atoms with van der Waals surface area (Å²) in [6, 6.07) is 0. The molecule has 1 saturated carbocycles. The van der Waals surface area contributed by atoms with E-state index >= 15 is 0 Å². The second kappa shape index (κ2) is 7.00. The predicted octanol–water partition coefficient (Wildman–Crippen LogP) is 2.26. The van der Waals surface area contributed by atoms with E-state index < -0.39 is 0 Å². The van der Waals surface area contributed by atoms with Crippen LogP contribution in [-0.4, -0.2) is 30.9 Å². The van der Waals surface area contributed by atoms with Crippen molar-refractivity contribution >= 4 is 5.91 Å². The zero-order valence-corrected chi connectivity index (χ0v) is 11.6. The van der Waals surface area contributed by atoms with Gasteiger partial charge in [0.2, 0.25) is 5.91 Å². The quantitative estimate of drug-likeness (QED) is 0.774. The molecule has 0 aliphatic heterocycles. The number of carbonyl (C=O) groups excluding carboxylic acids is 1. The van der Waals surface area contributed by atoms with E-state index in [1.165, 1.54) is 25.7 Å². The Balaban J connectivity index is 2.34. The van der Waals surface area contributed by atoms with Crippen LogP contribution in [-0.2, 0) is 4.79 Å². The van der Waals surface area contributed by atoms with E-state index in [0.717, 1.165) is 18.9 Å². The fourth-order valence-electron chi connectivity index (χ4n) is 2.73. The first-order chi connectivity index (χ1) is 8.06. The minimum absolute atomic E-state index is 0.0106. The summed E-state index contributed by atoms with van der Waals surface area (Å²) in [6.07, 6.45) is 6.62. The molecule has 0 saturated heterocycles. The van der Waals surface area contributed by atoms with Crippen molar-refractivity contribution in [2.24, 2.45) is 23.5 Å². The Kier molecular flexibility index (Phi) is 5.96. The Bertz CT molecular complexity index is 234. The summed E-state index contributed by atoms with van der Waals surface area (Å²) in [4.78, 5) is 14.1. The van der Waals surface area contributed by atoms with Gasteiger partial charge >= 0.3 is 0 Å². The van der Waals surface area contributed by atoms with Gasteiger partial charge in [-0.3, -0.25) is 4.79 Å². The highest BCUT2D eigenvalue weighted by molar-refractivity contribution is 5.79. The number of carbonyl (C=O) groups is 1. The molecule has 0 aromatic heterocycles. The van der Waals surface area contributed by atoms with Crippen molar-refractivity contribution in [2.75, 3.05) is 20.1 Å². The number of rotatable bonds is 6. The van der Waals surface area contributed by atoms with Crippen molar-refractivity contribution in [1.82, 2.24) is 4.90 Å². The van der Waals surface area contributed by atoms with Gasteiger partial charge in [-0.15, -0.1) is 0 Å². The van der Waals surface area contributed by atoms with Gasteiger partial charge in [-0.1, -0.05) is 39.5 Å². The lowest BCUT2D eigenvalue weighted by Crippen LogP contribution is -2.40. The number of amides is 1. The monoisotopic (exact) mass is 240 g/mol. The number of hydrogen-bond acceptors (Lipinski definition) is 2. The molecule has 0 radical (unpaired) electrons. The summed E-state index contributed by atoms with van der Waals surface area (Å²) >= 11 is 0. The average molecular weight is 240 g/mol. The smallest absolute Gasteiger partial charge is 0.226 e. The minimum atomic E-state index is -0.0106. The van der Waals surface area contributed by atoms with Gasteiger partial charge in [0, 0.05) is 20.1 Å². The Morgan fingerprint density at radius 2 is 1.94 bits per heavy atom. The van der Waals surface area contributed by atoms with E-state index in [2.05, 4.69) is 13.8 Å². The summed E-state index contributed by atoms with van der Waals surface area (Å²) < 4.78 is 0. The third kappa shape index (κ3) is 4.30. The Labute approximate surface area is 106 Å². The molecular formula is C14H28N2O. The molecule has 17 heavy (non-hydrogen) atoms. The molecule has 0 bridgehead atoms. The first kappa shape index (κ1) is 14.5. The minimum Gasteiger partial charge on any atom is -0.345 e. The molecule has 2 N–H and O–H groups in total. The van der Waals surface area contributed by atoms with Gasteiger partial charge in [-0.25, -0.2) is 0 Å². The van der Waals surface area contributed by atoms with Crippen molar-refractivity contribution in [3.05, 3.63) is 0 Å². The van der Waals surface area contributed by atoms with Crippen LogP contribution < -0.4 is 5.73 Å². The van der Waals surface area contributed by atoms with Gasteiger partial charge in [-0.2, -0.15) is 0 Å². The maximum Gasteiger partial charge on any atom is 0.226 e. The molecule has 1 rings (SSSR count). The lowest BCUT2D eigenvalue weighted by molar-refractivity contribution is -0.135. The first-order valence-corrected chi connectivity index (χ1v) is 7.01. The summed E-state index contributed by atoms with van der Waals surface area (Å²) in [5, 5.41) is 0. The fourth-order valence-corrected chi connectivity index (χ4v) is 2.73. The standard InChI is InChI=1S/C14H28N2O/c1-11(2)13(10-15)14(17)16(3)9-8-12-6-4-5-7-12/h11-13H,4-10,15H2,1-3H3. The van der Waals surface area contributed by atoms with E-state index in [1.54, 1.807) is 0 Å². The van der Waals surface area contributed by atoms with Crippen LogP contribution in [0.4, 0.5) is 0 Å². The lowest BCUT2D eigenvalue weighted by atomic mass is 9.94. The highest BCUT2D eigenvalue weighted by Crippen LogP contribution is 2.27. The third-order valence-electron chi connectivity index (χ3n) is 4.10. The van der Waals surface area contributed by atoms with Gasteiger partial charge in [-0.05, 0) is 18.3 Å². The number of nitrogens with two attached hydrogens (primary N) is 1. The number of nitrogens with zero attached hydrogens (tertiary/aromatic N) is 1. The highest BCUT2D eigenvalue weighted by Gasteiger charge is 2.24. The van der Waals surface area contributed by atoms with Crippen molar-refractivity contribution in [3.63, 3.8) is 0 Å². The second-order valence-electron chi connectivity index (χ2n) is 5.79. The van der Waals surface area contributed by atoms with Crippen LogP contribution in [0.2, 0.25) is 0 Å². The molecule has 0 aromatic rings. The van der Waals surface area contributed by atoms with Gasteiger partial charge in [0.1, 0.15) is 0 Å². The van der Waals surface area contributed by atoms with E-state index in [4.69, 9.17) is 5.73 Å². The van der Waals surface area contributed by atoms with Gasteiger partial charge in [0.15, 0.2) is 0 Å². The number of hydrogen-bond donors (Lipinski definition) is 1. The molecule has 3 nitrogen and oxygen atoms in total. The van der Waals surface area contributed by atoms with E-state index in [-0.39, 0.29) is 11.8 Å². The van der Waals surface area contributed by atoms with Gasteiger partial charge in [0.05, 0.1) is 5.92 Å². The largest absolute Gasteiger partial charge is 0.345 e. The molecule has 0 aromatic carbocycles. The molecule has 1 aliphatic rings. The molecule has 1 unspecified atom stereocenters. The SMILES string of the molecule is CC(C)C(CN)C(=O)N(C)CCC1CCCC1. The van der Waals surface area contributed by atoms with Crippen molar-refractivity contribution in [2.45, 2.75) is 46.0 Å². The van der Waals surface area contributed by atoms with Crippen LogP contribution in [0.25, 0.3) is 0 Å². The van der Waals surface area contributed by atoms with E-state index in [9.17, 15) is 4.79 Å².